The van der Waals surface area contributed by atoms with Gasteiger partial charge in [-0.05, 0) is 58.3 Å². The Labute approximate surface area is 136 Å². The minimum Gasteiger partial charge on any atom is -0.265 e. The minimum absolute atomic E-state index is 1.01. The van der Waals surface area contributed by atoms with Crippen molar-refractivity contribution < 1.29 is 0 Å². The Bertz CT molecular complexity index is 814. The van der Waals surface area contributed by atoms with Crippen LogP contribution in [-0.2, 0) is 0 Å². The number of hydrogen-bond acceptors (Lipinski definition) is 4. The lowest BCUT2D eigenvalue weighted by Crippen LogP contribution is -1.89. The van der Waals surface area contributed by atoms with E-state index >= 15 is 0 Å². The van der Waals surface area contributed by atoms with Gasteiger partial charge in [-0.2, -0.15) is 22.7 Å². The minimum atomic E-state index is 1.01. The zero-order chi connectivity index (χ0) is 14.8. The molecule has 0 saturated heterocycles. The highest BCUT2D eigenvalue weighted by Gasteiger charge is 2.09. The van der Waals surface area contributed by atoms with Crippen molar-refractivity contribution in [3.63, 3.8) is 0 Å². The molecule has 4 heterocycles. The van der Waals surface area contributed by atoms with E-state index in [0.717, 1.165) is 28.1 Å². The standard InChI is InChI=1S/C18H12N2S2/c1-5-19-6-2-13(1)16-9-17(14-3-7-21-11-14)20-18(10-16)15-4-8-22-12-15/h1-12H. The van der Waals surface area contributed by atoms with Crippen LogP contribution < -0.4 is 0 Å². The average molecular weight is 320 g/mol. The summed E-state index contributed by atoms with van der Waals surface area (Å²) >= 11 is 3.38. The Hall–Kier alpha value is -2.30. The summed E-state index contributed by atoms with van der Waals surface area (Å²) in [7, 11) is 0. The van der Waals surface area contributed by atoms with Crippen LogP contribution in [0.5, 0.6) is 0 Å². The Morgan fingerprint density at radius 2 is 1.23 bits per heavy atom. The molecule has 4 aromatic heterocycles. The van der Waals surface area contributed by atoms with Gasteiger partial charge < -0.3 is 0 Å². The maximum atomic E-state index is 4.84. The molecule has 0 aromatic carbocycles. The predicted molar refractivity (Wildman–Crippen MR) is 94.1 cm³/mol. The molecule has 0 saturated carbocycles. The van der Waals surface area contributed by atoms with Gasteiger partial charge in [0.1, 0.15) is 0 Å². The van der Waals surface area contributed by atoms with E-state index in [1.54, 1.807) is 22.7 Å². The van der Waals surface area contributed by atoms with Crippen molar-refractivity contribution in [2.45, 2.75) is 0 Å². The fourth-order valence-corrected chi connectivity index (χ4v) is 3.66. The lowest BCUT2D eigenvalue weighted by molar-refractivity contribution is 1.31. The molecule has 0 aliphatic heterocycles. The smallest absolute Gasteiger partial charge is 0.0724 e. The lowest BCUT2D eigenvalue weighted by Gasteiger charge is -2.08. The first-order valence-electron chi connectivity index (χ1n) is 6.88. The quantitative estimate of drug-likeness (QED) is 0.491. The van der Waals surface area contributed by atoms with Gasteiger partial charge in [-0.1, -0.05) is 0 Å². The Morgan fingerprint density at radius 1 is 0.636 bits per heavy atom. The van der Waals surface area contributed by atoms with Crippen molar-refractivity contribution in [3.8, 4) is 33.6 Å². The van der Waals surface area contributed by atoms with Crippen molar-refractivity contribution in [2.24, 2.45) is 0 Å². The number of nitrogens with zero attached hydrogens (tertiary/aromatic N) is 2. The van der Waals surface area contributed by atoms with E-state index in [1.165, 1.54) is 5.56 Å². The molecule has 0 fully saturated rings. The molecule has 0 amide bonds. The second-order valence-electron chi connectivity index (χ2n) is 4.89. The Morgan fingerprint density at radius 3 is 1.73 bits per heavy atom. The van der Waals surface area contributed by atoms with Crippen LogP contribution in [0.2, 0.25) is 0 Å². The largest absolute Gasteiger partial charge is 0.265 e. The van der Waals surface area contributed by atoms with Crippen LogP contribution >= 0.6 is 22.7 Å². The highest BCUT2D eigenvalue weighted by molar-refractivity contribution is 7.08. The summed E-state index contributed by atoms with van der Waals surface area (Å²) in [5.74, 6) is 0. The molecule has 0 unspecified atom stereocenters. The molecule has 4 rings (SSSR count). The maximum absolute atomic E-state index is 4.84. The summed E-state index contributed by atoms with van der Waals surface area (Å²) in [4.78, 5) is 8.94. The van der Waals surface area contributed by atoms with Gasteiger partial charge in [0.15, 0.2) is 0 Å². The summed E-state index contributed by atoms with van der Waals surface area (Å²) in [6, 6.07) is 12.6. The van der Waals surface area contributed by atoms with Crippen LogP contribution in [0.25, 0.3) is 33.6 Å². The van der Waals surface area contributed by atoms with Crippen molar-refractivity contribution in [1.82, 2.24) is 9.97 Å². The maximum Gasteiger partial charge on any atom is 0.0724 e. The van der Waals surface area contributed by atoms with E-state index < -0.39 is 0 Å². The van der Waals surface area contributed by atoms with Crippen molar-refractivity contribution in [2.75, 3.05) is 0 Å². The molecule has 4 heteroatoms. The molecule has 0 radical (unpaired) electrons. The molecule has 0 aliphatic rings. The van der Waals surface area contributed by atoms with Crippen LogP contribution in [0.15, 0.2) is 70.3 Å². The first kappa shape index (κ1) is 13.4. The molecule has 0 bridgehead atoms. The summed E-state index contributed by atoms with van der Waals surface area (Å²) in [6.07, 6.45) is 3.65. The number of aromatic nitrogens is 2. The van der Waals surface area contributed by atoms with Crippen LogP contribution in [0.3, 0.4) is 0 Å². The molecule has 4 aromatic rings. The molecule has 0 spiro atoms. The summed E-state index contributed by atoms with van der Waals surface area (Å²) in [5, 5.41) is 8.44. The Balaban J connectivity index is 1.91. The molecule has 0 atom stereocenters. The third-order valence-corrected chi connectivity index (χ3v) is 4.84. The normalized spacial score (nSPS) is 10.7. The van der Waals surface area contributed by atoms with Crippen LogP contribution in [0.1, 0.15) is 0 Å². The van der Waals surface area contributed by atoms with Crippen LogP contribution in [-0.4, -0.2) is 9.97 Å². The topological polar surface area (TPSA) is 25.8 Å². The van der Waals surface area contributed by atoms with E-state index in [0.29, 0.717) is 0 Å². The predicted octanol–water partition coefficient (Wildman–Crippen LogP) is 5.60. The van der Waals surface area contributed by atoms with Gasteiger partial charge in [0, 0.05) is 34.3 Å². The van der Waals surface area contributed by atoms with Gasteiger partial charge in [0.2, 0.25) is 0 Å². The highest BCUT2D eigenvalue weighted by Crippen LogP contribution is 2.31. The van der Waals surface area contributed by atoms with E-state index in [9.17, 15) is 0 Å². The number of pyridine rings is 2. The zero-order valence-electron chi connectivity index (χ0n) is 11.6. The van der Waals surface area contributed by atoms with Crippen molar-refractivity contribution in [3.05, 3.63) is 70.3 Å². The van der Waals surface area contributed by atoms with E-state index in [4.69, 9.17) is 4.98 Å². The number of rotatable bonds is 3. The van der Waals surface area contributed by atoms with Gasteiger partial charge in [0.05, 0.1) is 11.4 Å². The molecule has 22 heavy (non-hydrogen) atoms. The van der Waals surface area contributed by atoms with Gasteiger partial charge in [-0.15, -0.1) is 0 Å². The highest BCUT2D eigenvalue weighted by atomic mass is 32.1. The molecule has 2 nitrogen and oxygen atoms in total. The van der Waals surface area contributed by atoms with Crippen LogP contribution in [0.4, 0.5) is 0 Å². The van der Waals surface area contributed by atoms with Gasteiger partial charge in [0.25, 0.3) is 0 Å². The Kier molecular flexibility index (Phi) is 3.54. The second-order valence-corrected chi connectivity index (χ2v) is 6.45. The average Bonchev–Trinajstić information content (AvgIpc) is 3.29. The van der Waals surface area contributed by atoms with Crippen LogP contribution in [0, 0.1) is 0 Å². The summed E-state index contributed by atoms with van der Waals surface area (Å²) in [5.41, 5.74) is 6.67. The lowest BCUT2D eigenvalue weighted by atomic mass is 10.0. The van der Waals surface area contributed by atoms with Gasteiger partial charge in [-0.3, -0.25) is 4.98 Å². The molecular formula is C18H12N2S2. The number of hydrogen-bond donors (Lipinski definition) is 0. The fourth-order valence-electron chi connectivity index (χ4n) is 2.36. The first-order valence-corrected chi connectivity index (χ1v) is 8.76. The SMILES string of the molecule is c1cc(-c2cc(-c3ccsc3)nc(-c3ccsc3)c2)ccn1. The third kappa shape index (κ3) is 2.58. The number of thiophene rings is 2. The van der Waals surface area contributed by atoms with E-state index in [2.05, 4.69) is 50.8 Å². The van der Waals surface area contributed by atoms with Gasteiger partial charge in [-0.25, -0.2) is 4.98 Å². The second kappa shape index (κ2) is 5.83. The molecule has 0 N–H and O–H groups in total. The monoisotopic (exact) mass is 320 g/mol. The fraction of sp³-hybridized carbons (Fsp3) is 0. The first-order chi connectivity index (χ1) is 10.9. The van der Waals surface area contributed by atoms with E-state index in [-0.39, 0.29) is 0 Å². The van der Waals surface area contributed by atoms with Crippen molar-refractivity contribution in [1.29, 1.82) is 0 Å². The molecular weight excluding hydrogens is 308 g/mol. The summed E-state index contributed by atoms with van der Waals surface area (Å²) < 4.78 is 0. The van der Waals surface area contributed by atoms with E-state index in [1.807, 2.05) is 24.5 Å². The zero-order valence-corrected chi connectivity index (χ0v) is 13.3. The van der Waals surface area contributed by atoms with Crippen molar-refractivity contribution >= 4 is 22.7 Å². The third-order valence-electron chi connectivity index (χ3n) is 3.47. The summed E-state index contributed by atoms with van der Waals surface area (Å²) in [6.45, 7) is 0. The molecule has 0 aliphatic carbocycles. The van der Waals surface area contributed by atoms with Gasteiger partial charge >= 0.3 is 0 Å². The molecule has 106 valence electrons.